The molecule has 0 radical (unpaired) electrons. The predicted molar refractivity (Wildman–Crippen MR) is 104 cm³/mol. The van der Waals surface area contributed by atoms with Crippen molar-refractivity contribution < 1.29 is 14.4 Å². The maximum atomic E-state index is 12.9. The SMILES string of the molecule is Cc1cc(Br)c(Cl)cc1NC(=O)CN1C(=O)[C@H]2[C@@H]3C=C[C@@H]([C@H]4C[C@H]34)[C@@H]2C1=O. The number of allylic oxidation sites excluding steroid dienone is 2. The van der Waals surface area contributed by atoms with E-state index in [1.54, 1.807) is 6.07 Å². The maximum absolute atomic E-state index is 12.9. The van der Waals surface area contributed by atoms with Gasteiger partial charge in [0.2, 0.25) is 17.7 Å². The number of nitrogens with zero attached hydrogens (tertiary/aromatic N) is 1. The van der Waals surface area contributed by atoms with Gasteiger partial charge in [0.1, 0.15) is 6.54 Å². The summed E-state index contributed by atoms with van der Waals surface area (Å²) >= 11 is 9.45. The van der Waals surface area contributed by atoms with Crippen molar-refractivity contribution in [1.29, 1.82) is 0 Å². The van der Waals surface area contributed by atoms with Gasteiger partial charge < -0.3 is 5.32 Å². The minimum absolute atomic E-state index is 0.169. The zero-order valence-corrected chi connectivity index (χ0v) is 17.0. The molecular weight excluding hydrogens is 432 g/mol. The molecule has 4 aliphatic carbocycles. The molecule has 1 aromatic rings. The Morgan fingerprint density at radius 3 is 2.37 bits per heavy atom. The average molecular weight is 450 g/mol. The number of anilines is 1. The fourth-order valence-electron chi connectivity index (χ4n) is 5.29. The molecule has 0 aromatic heterocycles. The molecule has 3 amide bonds. The second-order valence-corrected chi connectivity index (χ2v) is 9.31. The number of carbonyl (C=O) groups excluding carboxylic acids is 3. The fraction of sp³-hybridized carbons (Fsp3) is 0.450. The third-order valence-electron chi connectivity index (χ3n) is 6.60. The van der Waals surface area contributed by atoms with Crippen molar-refractivity contribution in [3.05, 3.63) is 39.3 Å². The summed E-state index contributed by atoms with van der Waals surface area (Å²) in [6.07, 6.45) is 5.38. The second kappa shape index (κ2) is 5.92. The molecule has 2 saturated carbocycles. The molecule has 0 unspecified atom stereocenters. The first kappa shape index (κ1) is 17.4. The van der Waals surface area contributed by atoms with Gasteiger partial charge in [-0.15, -0.1) is 0 Å². The topological polar surface area (TPSA) is 66.5 Å². The number of hydrogen-bond donors (Lipinski definition) is 1. The molecule has 6 rings (SSSR count). The Morgan fingerprint density at radius 2 is 1.78 bits per heavy atom. The van der Waals surface area contributed by atoms with E-state index >= 15 is 0 Å². The van der Waals surface area contributed by atoms with Crippen LogP contribution in [0.2, 0.25) is 5.02 Å². The van der Waals surface area contributed by atoms with Crippen LogP contribution in [0.15, 0.2) is 28.8 Å². The first-order valence-corrected chi connectivity index (χ1v) is 10.3. The van der Waals surface area contributed by atoms with Gasteiger partial charge >= 0.3 is 0 Å². The summed E-state index contributed by atoms with van der Waals surface area (Å²) in [7, 11) is 0. The van der Waals surface area contributed by atoms with Gasteiger partial charge in [0.25, 0.3) is 0 Å². The summed E-state index contributed by atoms with van der Waals surface area (Å²) in [4.78, 5) is 39.5. The minimum Gasteiger partial charge on any atom is -0.324 e. The zero-order valence-electron chi connectivity index (χ0n) is 14.6. The highest BCUT2D eigenvalue weighted by molar-refractivity contribution is 9.10. The summed E-state index contributed by atoms with van der Waals surface area (Å²) in [5.41, 5.74) is 1.42. The molecule has 7 heteroatoms. The Hall–Kier alpha value is -1.66. The van der Waals surface area contributed by atoms with Crippen LogP contribution < -0.4 is 5.32 Å². The molecule has 140 valence electrons. The van der Waals surface area contributed by atoms with Gasteiger partial charge in [-0.1, -0.05) is 23.8 Å². The van der Waals surface area contributed by atoms with Crippen molar-refractivity contribution >= 4 is 50.9 Å². The Balaban J connectivity index is 1.33. The number of amides is 3. The van der Waals surface area contributed by atoms with E-state index in [9.17, 15) is 14.4 Å². The van der Waals surface area contributed by atoms with Crippen LogP contribution in [0, 0.1) is 42.4 Å². The monoisotopic (exact) mass is 448 g/mol. The summed E-state index contributed by atoms with van der Waals surface area (Å²) in [5, 5.41) is 3.26. The molecule has 1 heterocycles. The van der Waals surface area contributed by atoms with Crippen LogP contribution in [0.1, 0.15) is 12.0 Å². The normalized spacial score (nSPS) is 35.3. The first-order chi connectivity index (χ1) is 12.9. The van der Waals surface area contributed by atoms with Crippen LogP contribution >= 0.6 is 27.5 Å². The number of hydrogen-bond acceptors (Lipinski definition) is 3. The molecule has 0 spiro atoms. The highest BCUT2D eigenvalue weighted by Gasteiger charge is 2.67. The van der Waals surface area contributed by atoms with Gasteiger partial charge in [-0.25, -0.2) is 0 Å². The molecular formula is C20H18BrClN2O3. The molecule has 1 aliphatic heterocycles. The first-order valence-electron chi connectivity index (χ1n) is 9.16. The average Bonchev–Trinajstić information content (AvgIpc) is 3.41. The number of benzene rings is 1. The quantitative estimate of drug-likeness (QED) is 0.568. The third kappa shape index (κ3) is 2.53. The van der Waals surface area contributed by atoms with Crippen molar-refractivity contribution in [1.82, 2.24) is 4.90 Å². The molecule has 1 saturated heterocycles. The van der Waals surface area contributed by atoms with Crippen molar-refractivity contribution in [3.63, 3.8) is 0 Å². The lowest BCUT2D eigenvalue weighted by molar-refractivity contribution is -0.142. The second-order valence-electron chi connectivity index (χ2n) is 8.05. The van der Waals surface area contributed by atoms with Crippen LogP contribution in [-0.2, 0) is 14.4 Å². The molecule has 6 atom stereocenters. The van der Waals surface area contributed by atoms with Gasteiger partial charge in [0.05, 0.1) is 16.9 Å². The van der Waals surface area contributed by atoms with Crippen molar-refractivity contribution in [3.8, 4) is 0 Å². The van der Waals surface area contributed by atoms with Gasteiger partial charge in [0.15, 0.2) is 0 Å². The van der Waals surface area contributed by atoms with E-state index in [1.165, 1.54) is 0 Å². The van der Waals surface area contributed by atoms with E-state index in [-0.39, 0.29) is 47.9 Å². The largest absolute Gasteiger partial charge is 0.324 e. The van der Waals surface area contributed by atoms with Crippen LogP contribution in [0.5, 0.6) is 0 Å². The summed E-state index contributed by atoms with van der Waals surface area (Å²) in [6, 6.07) is 3.47. The number of carbonyl (C=O) groups is 3. The highest BCUT2D eigenvalue weighted by Crippen LogP contribution is 2.65. The molecule has 1 N–H and O–H groups in total. The van der Waals surface area contributed by atoms with E-state index in [0.717, 1.165) is 21.4 Å². The molecule has 5 nitrogen and oxygen atoms in total. The fourth-order valence-corrected chi connectivity index (χ4v) is 5.91. The number of nitrogens with one attached hydrogen (secondary N) is 1. The van der Waals surface area contributed by atoms with E-state index in [2.05, 4.69) is 33.4 Å². The number of likely N-dealkylation sites (tertiary alicyclic amines) is 1. The van der Waals surface area contributed by atoms with Crippen molar-refractivity contribution in [2.24, 2.45) is 35.5 Å². The number of rotatable bonds is 3. The van der Waals surface area contributed by atoms with Gasteiger partial charge in [-0.05, 0) is 70.6 Å². The van der Waals surface area contributed by atoms with Crippen LogP contribution in [-0.4, -0.2) is 29.2 Å². The lowest BCUT2D eigenvalue weighted by atomic mass is 9.63. The molecule has 27 heavy (non-hydrogen) atoms. The smallest absolute Gasteiger partial charge is 0.244 e. The Morgan fingerprint density at radius 1 is 1.19 bits per heavy atom. The Bertz CT molecular complexity index is 894. The maximum Gasteiger partial charge on any atom is 0.244 e. The van der Waals surface area contributed by atoms with Crippen molar-refractivity contribution in [2.45, 2.75) is 13.3 Å². The Kier molecular flexibility index (Phi) is 3.82. The van der Waals surface area contributed by atoms with E-state index in [0.29, 0.717) is 22.5 Å². The lowest BCUT2D eigenvalue weighted by Gasteiger charge is -2.37. The van der Waals surface area contributed by atoms with E-state index in [1.807, 2.05) is 13.0 Å². The van der Waals surface area contributed by atoms with Gasteiger partial charge in [-0.2, -0.15) is 0 Å². The lowest BCUT2D eigenvalue weighted by Crippen LogP contribution is -2.40. The molecule has 2 bridgehead atoms. The highest BCUT2D eigenvalue weighted by atomic mass is 79.9. The molecule has 3 fully saturated rings. The zero-order chi connectivity index (χ0) is 19.0. The summed E-state index contributed by atoms with van der Waals surface area (Å²) < 4.78 is 0.746. The van der Waals surface area contributed by atoms with E-state index < -0.39 is 0 Å². The summed E-state index contributed by atoms with van der Waals surface area (Å²) in [6.45, 7) is 1.61. The number of aryl methyl sites for hydroxylation is 1. The minimum atomic E-state index is -0.387. The summed E-state index contributed by atoms with van der Waals surface area (Å²) in [5.74, 6) is 0.150. The third-order valence-corrected chi connectivity index (χ3v) is 7.79. The Labute approximate surface area is 170 Å². The van der Waals surface area contributed by atoms with Crippen LogP contribution in [0.4, 0.5) is 5.69 Å². The van der Waals surface area contributed by atoms with Gasteiger partial charge in [-0.3, -0.25) is 19.3 Å². The standard InChI is InChI=1S/C20H18BrClN2O3/c1-8-4-13(21)14(22)6-15(8)23-16(25)7-24-19(26)17-9-2-3-10(12-5-11(9)12)18(17)20(24)27/h2-4,6,9-12,17-18H,5,7H2,1H3,(H,23,25)/t9-,10+,11-,12-,17+,18+/m1/s1. The number of imide groups is 1. The molecule has 5 aliphatic rings. The number of halogens is 2. The molecule has 1 aromatic carbocycles. The predicted octanol–water partition coefficient (Wildman–Crippen LogP) is 3.40. The van der Waals surface area contributed by atoms with Crippen LogP contribution in [0.3, 0.4) is 0 Å². The van der Waals surface area contributed by atoms with Crippen LogP contribution in [0.25, 0.3) is 0 Å². The van der Waals surface area contributed by atoms with Gasteiger partial charge in [0, 0.05) is 10.2 Å². The van der Waals surface area contributed by atoms with Crippen molar-refractivity contribution in [2.75, 3.05) is 11.9 Å². The van der Waals surface area contributed by atoms with E-state index in [4.69, 9.17) is 11.6 Å².